The summed E-state index contributed by atoms with van der Waals surface area (Å²) in [5.74, 6) is 0. The molecule has 0 radical (unpaired) electrons. The van der Waals surface area contributed by atoms with Gasteiger partial charge in [-0.3, -0.25) is 10.1 Å². The number of benzene rings is 1. The summed E-state index contributed by atoms with van der Waals surface area (Å²) in [4.78, 5) is 12.9. The number of hydrogen-bond acceptors (Lipinski definition) is 4. The van der Waals surface area contributed by atoms with Gasteiger partial charge < -0.3 is 10.2 Å². The Balaban J connectivity index is 1.97. The van der Waals surface area contributed by atoms with E-state index in [4.69, 9.17) is 0 Å². The zero-order valence-electron chi connectivity index (χ0n) is 11.6. The van der Waals surface area contributed by atoms with E-state index in [9.17, 15) is 10.1 Å². The molecule has 0 unspecified atom stereocenters. The largest absolute Gasteiger partial charge is 0.382 e. The monoisotopic (exact) mass is 263 g/mol. The van der Waals surface area contributed by atoms with Crippen molar-refractivity contribution in [3.05, 3.63) is 33.9 Å². The number of anilines is 1. The third-order valence-corrected chi connectivity index (χ3v) is 3.80. The molecule has 1 saturated heterocycles. The number of aryl methyl sites for hydroxylation is 1. The number of nitrogens with one attached hydrogen (secondary N) is 1. The topological polar surface area (TPSA) is 58.4 Å². The van der Waals surface area contributed by atoms with Crippen molar-refractivity contribution in [3.63, 3.8) is 0 Å². The zero-order chi connectivity index (χ0) is 13.8. The van der Waals surface area contributed by atoms with Gasteiger partial charge in [-0.1, -0.05) is 6.92 Å². The molecule has 0 aromatic heterocycles. The predicted octanol–water partition coefficient (Wildman–Crippen LogP) is 2.80. The van der Waals surface area contributed by atoms with Gasteiger partial charge in [-0.15, -0.1) is 0 Å². The Morgan fingerprint density at radius 1 is 1.42 bits per heavy atom. The molecule has 0 bridgehead atoms. The van der Waals surface area contributed by atoms with Gasteiger partial charge in [0.2, 0.25) is 0 Å². The summed E-state index contributed by atoms with van der Waals surface area (Å²) in [7, 11) is 0. The molecule has 19 heavy (non-hydrogen) atoms. The first-order chi connectivity index (χ1) is 9.10. The molecule has 1 aromatic carbocycles. The minimum absolute atomic E-state index is 0.186. The summed E-state index contributed by atoms with van der Waals surface area (Å²) >= 11 is 0. The van der Waals surface area contributed by atoms with E-state index in [0.29, 0.717) is 11.6 Å². The Kier molecular flexibility index (Phi) is 4.37. The lowest BCUT2D eigenvalue weighted by molar-refractivity contribution is -0.385. The van der Waals surface area contributed by atoms with E-state index in [1.54, 1.807) is 19.1 Å². The Morgan fingerprint density at radius 2 is 2.11 bits per heavy atom. The van der Waals surface area contributed by atoms with Crippen LogP contribution in [0.1, 0.15) is 25.3 Å². The van der Waals surface area contributed by atoms with Crippen LogP contribution in [0.2, 0.25) is 0 Å². The average molecular weight is 263 g/mol. The number of piperidine rings is 1. The number of hydrogen-bond donors (Lipinski definition) is 1. The molecule has 1 aromatic rings. The Morgan fingerprint density at radius 3 is 2.63 bits per heavy atom. The van der Waals surface area contributed by atoms with Crippen LogP contribution in [0.25, 0.3) is 0 Å². The molecule has 1 aliphatic rings. The molecule has 0 aliphatic carbocycles. The first-order valence-electron chi connectivity index (χ1n) is 6.84. The molecule has 0 saturated carbocycles. The van der Waals surface area contributed by atoms with Crippen molar-refractivity contribution in [2.45, 2.75) is 32.7 Å². The van der Waals surface area contributed by atoms with E-state index in [1.807, 2.05) is 6.07 Å². The second kappa shape index (κ2) is 6.02. The van der Waals surface area contributed by atoms with Crippen LogP contribution in [0, 0.1) is 17.0 Å². The minimum Gasteiger partial charge on any atom is -0.382 e. The van der Waals surface area contributed by atoms with Crippen LogP contribution in [0.15, 0.2) is 18.2 Å². The van der Waals surface area contributed by atoms with Gasteiger partial charge >= 0.3 is 0 Å². The van der Waals surface area contributed by atoms with Crippen LogP contribution >= 0.6 is 0 Å². The Bertz CT molecular complexity index is 454. The third-order valence-electron chi connectivity index (χ3n) is 3.80. The number of likely N-dealkylation sites (tertiary alicyclic amines) is 1. The van der Waals surface area contributed by atoms with Crippen molar-refractivity contribution in [2.75, 3.05) is 25.0 Å². The van der Waals surface area contributed by atoms with Crippen LogP contribution in [0.3, 0.4) is 0 Å². The molecule has 104 valence electrons. The second-order valence-corrected chi connectivity index (χ2v) is 5.11. The summed E-state index contributed by atoms with van der Waals surface area (Å²) in [6, 6.07) is 5.73. The molecule has 1 heterocycles. The highest BCUT2D eigenvalue weighted by molar-refractivity contribution is 5.54. The zero-order valence-corrected chi connectivity index (χ0v) is 11.6. The van der Waals surface area contributed by atoms with E-state index < -0.39 is 0 Å². The molecule has 5 nitrogen and oxygen atoms in total. The fourth-order valence-electron chi connectivity index (χ4n) is 2.58. The van der Waals surface area contributed by atoms with Crippen molar-refractivity contribution < 1.29 is 4.92 Å². The number of rotatable bonds is 4. The minimum atomic E-state index is -0.334. The second-order valence-electron chi connectivity index (χ2n) is 5.11. The summed E-state index contributed by atoms with van der Waals surface area (Å²) in [5, 5.41) is 14.3. The fourth-order valence-corrected chi connectivity index (χ4v) is 2.58. The van der Waals surface area contributed by atoms with Gasteiger partial charge in [0.25, 0.3) is 5.69 Å². The van der Waals surface area contributed by atoms with Gasteiger partial charge in [0.1, 0.15) is 0 Å². The molecular formula is C14H21N3O2. The maximum absolute atomic E-state index is 10.8. The van der Waals surface area contributed by atoms with Crippen LogP contribution < -0.4 is 5.32 Å². The molecule has 1 N–H and O–H groups in total. The normalized spacial score (nSPS) is 17.4. The van der Waals surface area contributed by atoms with Crippen LogP contribution in [0.5, 0.6) is 0 Å². The van der Waals surface area contributed by atoms with Gasteiger partial charge in [-0.25, -0.2) is 0 Å². The average Bonchev–Trinajstić information content (AvgIpc) is 2.39. The maximum Gasteiger partial charge on any atom is 0.272 e. The van der Waals surface area contributed by atoms with Crippen LogP contribution in [0.4, 0.5) is 11.4 Å². The quantitative estimate of drug-likeness (QED) is 0.670. The molecular weight excluding hydrogens is 242 g/mol. The van der Waals surface area contributed by atoms with Crippen LogP contribution in [-0.2, 0) is 0 Å². The fraction of sp³-hybridized carbons (Fsp3) is 0.571. The molecule has 0 amide bonds. The van der Waals surface area contributed by atoms with E-state index in [2.05, 4.69) is 17.1 Å². The molecule has 0 spiro atoms. The first-order valence-corrected chi connectivity index (χ1v) is 6.84. The highest BCUT2D eigenvalue weighted by Crippen LogP contribution is 2.23. The van der Waals surface area contributed by atoms with Crippen molar-refractivity contribution in [1.82, 2.24) is 4.90 Å². The Hall–Kier alpha value is -1.62. The van der Waals surface area contributed by atoms with Gasteiger partial charge in [0, 0.05) is 36.4 Å². The SMILES string of the molecule is CCN1CCC(Nc2ccc([N+](=O)[O-])c(C)c2)CC1. The van der Waals surface area contributed by atoms with Crippen molar-refractivity contribution >= 4 is 11.4 Å². The lowest BCUT2D eigenvalue weighted by Crippen LogP contribution is -2.38. The molecule has 1 aliphatic heterocycles. The lowest BCUT2D eigenvalue weighted by atomic mass is 10.0. The predicted molar refractivity (Wildman–Crippen MR) is 76.6 cm³/mol. The smallest absolute Gasteiger partial charge is 0.272 e. The van der Waals surface area contributed by atoms with Crippen molar-refractivity contribution in [3.8, 4) is 0 Å². The summed E-state index contributed by atoms with van der Waals surface area (Å²) in [5.41, 5.74) is 1.88. The number of nitrogens with zero attached hydrogens (tertiary/aromatic N) is 2. The molecule has 1 fully saturated rings. The van der Waals surface area contributed by atoms with E-state index >= 15 is 0 Å². The molecule has 5 heteroatoms. The Labute approximate surface area is 113 Å². The highest BCUT2D eigenvalue weighted by atomic mass is 16.6. The van der Waals surface area contributed by atoms with E-state index in [-0.39, 0.29) is 10.6 Å². The van der Waals surface area contributed by atoms with Crippen LogP contribution in [-0.4, -0.2) is 35.5 Å². The van der Waals surface area contributed by atoms with Gasteiger partial charge in [-0.05, 0) is 38.4 Å². The third kappa shape index (κ3) is 3.44. The lowest BCUT2D eigenvalue weighted by Gasteiger charge is -2.32. The van der Waals surface area contributed by atoms with Gasteiger partial charge in [0.05, 0.1) is 4.92 Å². The van der Waals surface area contributed by atoms with Crippen molar-refractivity contribution in [1.29, 1.82) is 0 Å². The van der Waals surface area contributed by atoms with Gasteiger partial charge in [-0.2, -0.15) is 0 Å². The van der Waals surface area contributed by atoms with E-state index in [1.165, 1.54) is 0 Å². The maximum atomic E-state index is 10.8. The molecule has 2 rings (SSSR count). The molecule has 0 atom stereocenters. The summed E-state index contributed by atoms with van der Waals surface area (Å²) in [6.07, 6.45) is 2.26. The number of nitro benzene ring substituents is 1. The van der Waals surface area contributed by atoms with Gasteiger partial charge in [0.15, 0.2) is 0 Å². The number of nitro groups is 1. The summed E-state index contributed by atoms with van der Waals surface area (Å²) in [6.45, 7) is 7.33. The van der Waals surface area contributed by atoms with Crippen molar-refractivity contribution in [2.24, 2.45) is 0 Å². The highest BCUT2D eigenvalue weighted by Gasteiger charge is 2.18. The summed E-state index contributed by atoms with van der Waals surface area (Å²) < 4.78 is 0. The first kappa shape index (κ1) is 13.8. The van der Waals surface area contributed by atoms with E-state index in [0.717, 1.165) is 38.2 Å². The standard InChI is InChI=1S/C14H21N3O2/c1-3-16-8-6-12(7-9-16)15-13-4-5-14(17(18)19)11(2)10-13/h4-5,10,12,15H,3,6-9H2,1-2H3.